The molecule has 0 fully saturated rings. The summed E-state index contributed by atoms with van der Waals surface area (Å²) in [5, 5.41) is 0.458. The number of halogens is 4. The van der Waals surface area contributed by atoms with Gasteiger partial charge >= 0.3 is 0 Å². The molecule has 0 radical (unpaired) electrons. The molecule has 6 nitrogen and oxygen atoms in total. The molecule has 0 spiro atoms. The van der Waals surface area contributed by atoms with Gasteiger partial charge in [0.15, 0.2) is 5.78 Å². The van der Waals surface area contributed by atoms with E-state index < -0.39 is 22.3 Å². The topological polar surface area (TPSA) is 73.4 Å². The van der Waals surface area contributed by atoms with Crippen LogP contribution in [0.4, 0.5) is 18.9 Å². The van der Waals surface area contributed by atoms with Gasteiger partial charge in [-0.05, 0) is 55.0 Å². The first kappa shape index (κ1) is 30.8. The fourth-order valence-corrected chi connectivity index (χ4v) is 7.19. The van der Waals surface area contributed by atoms with Crippen molar-refractivity contribution in [2.24, 2.45) is 0 Å². The number of carbonyl (C=O) groups is 1. The molecule has 6 rings (SSSR count). The highest BCUT2D eigenvalue weighted by Gasteiger charge is 2.31. The molecule has 0 aliphatic carbocycles. The summed E-state index contributed by atoms with van der Waals surface area (Å²) < 4.78 is 71.5. The Kier molecular flexibility index (Phi) is 7.98. The van der Waals surface area contributed by atoms with E-state index in [0.29, 0.717) is 27.3 Å². The molecular formula is C35H21ClF3N3O3S. The number of ketones is 1. The Bertz CT molecular complexity index is 2330. The van der Waals surface area contributed by atoms with Gasteiger partial charge in [0.25, 0.3) is 16.4 Å². The number of pyridine rings is 1. The first-order valence-corrected chi connectivity index (χ1v) is 15.5. The van der Waals surface area contributed by atoms with E-state index in [-0.39, 0.29) is 49.8 Å². The van der Waals surface area contributed by atoms with Crippen molar-refractivity contribution in [3.63, 3.8) is 0 Å². The maximum atomic E-state index is 14.9. The van der Waals surface area contributed by atoms with E-state index in [0.717, 1.165) is 34.3 Å². The van der Waals surface area contributed by atoms with Crippen LogP contribution in [0, 0.1) is 12.4 Å². The maximum absolute atomic E-state index is 14.9. The average Bonchev–Trinajstić information content (AvgIpc) is 3.39. The molecule has 0 amide bonds. The zero-order chi connectivity index (χ0) is 32.7. The molecule has 228 valence electrons. The summed E-state index contributed by atoms with van der Waals surface area (Å²) in [5.74, 6) is -0.816. The summed E-state index contributed by atoms with van der Waals surface area (Å²) in [7, 11) is -4.53. The Morgan fingerprint density at radius 3 is 2.35 bits per heavy atom. The number of nitrogens with zero attached hydrogens (tertiary/aromatic N) is 3. The molecule has 46 heavy (non-hydrogen) atoms. The molecule has 0 N–H and O–H groups in total. The van der Waals surface area contributed by atoms with Crippen LogP contribution in [-0.2, 0) is 10.0 Å². The van der Waals surface area contributed by atoms with Gasteiger partial charge in [0.1, 0.15) is 5.82 Å². The molecule has 11 heteroatoms. The smallest absolute Gasteiger partial charge is 0.268 e. The summed E-state index contributed by atoms with van der Waals surface area (Å²) in [4.78, 5) is 19.6. The Morgan fingerprint density at radius 1 is 0.935 bits per heavy atom. The van der Waals surface area contributed by atoms with Gasteiger partial charge < -0.3 is 0 Å². The number of carbonyl (C=O) groups excluding carboxylic acids is 1. The molecule has 0 atom stereocenters. The molecule has 4 aromatic carbocycles. The molecule has 0 aliphatic rings. The predicted octanol–water partition coefficient (Wildman–Crippen LogP) is 9.76. The number of benzene rings is 4. The van der Waals surface area contributed by atoms with Crippen LogP contribution in [0.25, 0.3) is 49.4 Å². The number of rotatable bonds is 7. The predicted molar refractivity (Wildman–Crippen MR) is 171 cm³/mol. The molecule has 0 aliphatic heterocycles. The van der Waals surface area contributed by atoms with Crippen LogP contribution >= 0.6 is 11.6 Å². The van der Waals surface area contributed by atoms with Gasteiger partial charge in [0.05, 0.1) is 28.4 Å². The monoisotopic (exact) mass is 655 g/mol. The van der Waals surface area contributed by atoms with Crippen LogP contribution in [0.15, 0.2) is 108 Å². The van der Waals surface area contributed by atoms with Crippen molar-refractivity contribution in [2.75, 3.05) is 0 Å². The minimum absolute atomic E-state index is 0.0699. The van der Waals surface area contributed by atoms with E-state index in [2.05, 4.69) is 9.83 Å². The zero-order valence-corrected chi connectivity index (χ0v) is 25.5. The van der Waals surface area contributed by atoms with E-state index >= 15 is 0 Å². The molecular weight excluding hydrogens is 635 g/mol. The number of aromatic nitrogens is 2. The lowest BCUT2D eigenvalue weighted by Gasteiger charge is -2.16. The third-order valence-corrected chi connectivity index (χ3v) is 9.56. The quantitative estimate of drug-likeness (QED) is 0.127. The second kappa shape index (κ2) is 11.9. The van der Waals surface area contributed by atoms with Gasteiger partial charge in [-0.1, -0.05) is 66.2 Å². The van der Waals surface area contributed by atoms with E-state index in [1.165, 1.54) is 31.3 Å². The summed E-state index contributed by atoms with van der Waals surface area (Å²) in [6.45, 7) is 9.20. The first-order valence-electron chi connectivity index (χ1n) is 13.7. The highest BCUT2D eigenvalue weighted by atomic mass is 35.5. The van der Waals surface area contributed by atoms with Gasteiger partial charge in [-0.25, -0.2) is 30.4 Å². The second-order valence-corrected chi connectivity index (χ2v) is 12.5. The minimum Gasteiger partial charge on any atom is -0.295 e. The third-order valence-electron chi connectivity index (χ3n) is 7.52. The Morgan fingerprint density at radius 2 is 1.67 bits per heavy atom. The SMILES string of the molecule is [C-]#[N+]c1cccnc1-c1c(-c2cccc(-c3ccc(C(C)=O)cc3Cl)c2)n(S(=O)(=O)c2ccc(C(F)F)cc2)c2ccc(F)cc12. The van der Waals surface area contributed by atoms with Crippen LogP contribution in [0.3, 0.4) is 0 Å². The van der Waals surface area contributed by atoms with Gasteiger partial charge in [-0.2, -0.15) is 0 Å². The third kappa shape index (κ3) is 5.34. The lowest BCUT2D eigenvalue weighted by Crippen LogP contribution is -2.14. The number of Topliss-reactive ketones (excluding diaryl/α,β-unsaturated/α-hetero) is 1. The highest BCUT2D eigenvalue weighted by Crippen LogP contribution is 2.46. The van der Waals surface area contributed by atoms with Crippen molar-refractivity contribution in [1.29, 1.82) is 0 Å². The van der Waals surface area contributed by atoms with Gasteiger partial charge in [0.2, 0.25) is 5.69 Å². The Hall–Kier alpha value is -5.24. The Balaban J connectivity index is 1.72. The second-order valence-electron chi connectivity index (χ2n) is 10.3. The van der Waals surface area contributed by atoms with Crippen LogP contribution in [0.1, 0.15) is 29.3 Å². The lowest BCUT2D eigenvalue weighted by molar-refractivity contribution is 0.101. The van der Waals surface area contributed by atoms with Crippen molar-refractivity contribution < 1.29 is 26.4 Å². The van der Waals surface area contributed by atoms with Gasteiger partial charge in [-0.3, -0.25) is 9.78 Å². The summed E-state index contributed by atoms with van der Waals surface area (Å²) in [6.07, 6.45) is -1.36. The van der Waals surface area contributed by atoms with Crippen LogP contribution in [0.5, 0.6) is 0 Å². The molecule has 6 aromatic rings. The van der Waals surface area contributed by atoms with E-state index in [1.807, 2.05) is 0 Å². The fourth-order valence-electron chi connectivity index (χ4n) is 5.36. The number of alkyl halides is 2. The van der Waals surface area contributed by atoms with E-state index in [9.17, 15) is 26.4 Å². The number of fused-ring (bicyclic) bond motifs is 1. The first-order chi connectivity index (χ1) is 22.0. The van der Waals surface area contributed by atoms with Crippen molar-refractivity contribution in [3.05, 3.63) is 137 Å². The molecule has 2 aromatic heterocycles. The van der Waals surface area contributed by atoms with E-state index in [4.69, 9.17) is 18.2 Å². The lowest BCUT2D eigenvalue weighted by atomic mass is 9.97. The molecule has 0 unspecified atom stereocenters. The van der Waals surface area contributed by atoms with Crippen LogP contribution in [0.2, 0.25) is 5.02 Å². The van der Waals surface area contributed by atoms with Gasteiger partial charge in [-0.15, -0.1) is 0 Å². The van der Waals surface area contributed by atoms with Crippen LogP contribution in [-0.4, -0.2) is 23.2 Å². The summed E-state index contributed by atoms with van der Waals surface area (Å²) >= 11 is 6.58. The van der Waals surface area contributed by atoms with E-state index in [1.54, 1.807) is 48.5 Å². The van der Waals surface area contributed by atoms with Crippen molar-refractivity contribution in [3.8, 4) is 33.6 Å². The fraction of sp³-hybridized carbons (Fsp3) is 0.0571. The van der Waals surface area contributed by atoms with Crippen LogP contribution < -0.4 is 0 Å². The minimum atomic E-state index is -4.53. The molecule has 0 saturated heterocycles. The standard InChI is InChI=1S/C35H21ClF3N3O3S/c1-20(43)22-10-14-27(29(36)18-22)23-5-3-6-24(17-23)34-32(33-30(40-2)7-4-16-41-33)28-19-25(37)11-15-31(28)42(34)46(44,45)26-12-8-21(9-13-26)35(38)39/h3-19,35H,1H3. The van der Waals surface area contributed by atoms with Crippen molar-refractivity contribution >= 4 is 44.0 Å². The maximum Gasteiger partial charge on any atom is 0.268 e. The largest absolute Gasteiger partial charge is 0.295 e. The molecule has 0 bridgehead atoms. The van der Waals surface area contributed by atoms with Gasteiger partial charge in [0, 0.05) is 44.4 Å². The zero-order valence-electron chi connectivity index (χ0n) is 23.9. The summed E-state index contributed by atoms with van der Waals surface area (Å²) in [6, 6.07) is 22.6. The molecule has 2 heterocycles. The summed E-state index contributed by atoms with van der Waals surface area (Å²) in [5.41, 5.74) is 2.12. The number of hydrogen-bond donors (Lipinski definition) is 0. The van der Waals surface area contributed by atoms with Crippen molar-refractivity contribution in [2.45, 2.75) is 18.2 Å². The average molecular weight is 656 g/mol. The van der Waals surface area contributed by atoms with Crippen molar-refractivity contribution in [1.82, 2.24) is 8.96 Å². The molecule has 0 saturated carbocycles. The normalized spacial score (nSPS) is 11.6. The Labute approximate surface area is 267 Å². The number of hydrogen-bond acceptors (Lipinski definition) is 4. The highest BCUT2D eigenvalue weighted by molar-refractivity contribution is 7.90.